The summed E-state index contributed by atoms with van der Waals surface area (Å²) in [5.74, 6) is 0.644. The second kappa shape index (κ2) is 6.06. The van der Waals surface area contributed by atoms with Crippen molar-refractivity contribution in [3.63, 3.8) is 0 Å². The number of rotatable bonds is 2. The van der Waals surface area contributed by atoms with Crippen molar-refractivity contribution in [2.75, 3.05) is 0 Å². The Morgan fingerprint density at radius 2 is 1.54 bits per heavy atom. The third-order valence-corrected chi connectivity index (χ3v) is 1.23. The van der Waals surface area contributed by atoms with Crippen LogP contribution in [0.3, 0.4) is 0 Å². The molecule has 70 valence electrons. The van der Waals surface area contributed by atoms with Crippen molar-refractivity contribution in [2.24, 2.45) is 0 Å². The minimum absolute atomic E-state index is 0.644. The maximum atomic E-state index is 4.10. The molecule has 0 bridgehead atoms. The van der Waals surface area contributed by atoms with E-state index in [0.717, 1.165) is 5.69 Å². The van der Waals surface area contributed by atoms with Crippen LogP contribution in [-0.4, -0.2) is 15.2 Å². The predicted molar refractivity (Wildman–Crippen MR) is 56.1 cm³/mol. The molecule has 0 radical (unpaired) electrons. The molecule has 0 N–H and O–H groups in total. The second-order valence-electron chi connectivity index (χ2n) is 2.04. The molecule has 0 saturated heterocycles. The van der Waals surface area contributed by atoms with Gasteiger partial charge in [-0.3, -0.25) is 0 Å². The van der Waals surface area contributed by atoms with E-state index < -0.39 is 0 Å². The van der Waals surface area contributed by atoms with Crippen LogP contribution in [0.1, 0.15) is 31.1 Å². The minimum Gasteiger partial charge on any atom is -0.230 e. The highest BCUT2D eigenvalue weighted by Crippen LogP contribution is 2.03. The highest BCUT2D eigenvalue weighted by atomic mass is 15.2. The molecule has 0 aromatic carbocycles. The lowest BCUT2D eigenvalue weighted by Gasteiger charge is -1.96. The molecule has 13 heavy (non-hydrogen) atoms. The first kappa shape index (κ1) is 11.5. The van der Waals surface area contributed by atoms with Crippen LogP contribution in [0, 0.1) is 6.92 Å². The van der Waals surface area contributed by atoms with Crippen molar-refractivity contribution in [3.05, 3.63) is 30.4 Å². The van der Waals surface area contributed by atoms with Crippen LogP contribution in [0.15, 0.2) is 13.2 Å². The highest BCUT2D eigenvalue weighted by molar-refractivity contribution is 5.56. The first-order chi connectivity index (χ1) is 6.27. The minimum atomic E-state index is 0.644. The van der Waals surface area contributed by atoms with Crippen LogP contribution >= 0.6 is 0 Å². The van der Waals surface area contributed by atoms with Crippen LogP contribution in [0.2, 0.25) is 0 Å². The van der Waals surface area contributed by atoms with Gasteiger partial charge < -0.3 is 0 Å². The summed E-state index contributed by atoms with van der Waals surface area (Å²) in [6, 6.07) is 0. The smallest absolute Gasteiger partial charge is 0.148 e. The Hall–Kier alpha value is -1.51. The third kappa shape index (κ3) is 3.15. The monoisotopic (exact) mass is 177 g/mol. The molecule has 0 atom stereocenters. The topological polar surface area (TPSA) is 38.7 Å². The zero-order valence-corrected chi connectivity index (χ0v) is 8.41. The molecular formula is C10H15N3. The Balaban J connectivity index is 0.000000671. The summed E-state index contributed by atoms with van der Waals surface area (Å²) in [7, 11) is 0. The van der Waals surface area contributed by atoms with Gasteiger partial charge in [-0.15, -0.1) is 10.2 Å². The van der Waals surface area contributed by atoms with Crippen molar-refractivity contribution < 1.29 is 0 Å². The molecule has 0 saturated carbocycles. The van der Waals surface area contributed by atoms with Crippen LogP contribution in [0.25, 0.3) is 12.2 Å². The molecule has 0 unspecified atom stereocenters. The van der Waals surface area contributed by atoms with E-state index in [2.05, 4.69) is 28.3 Å². The zero-order chi connectivity index (χ0) is 10.3. The zero-order valence-electron chi connectivity index (χ0n) is 8.41. The molecule has 3 heteroatoms. The number of hydrogen-bond acceptors (Lipinski definition) is 3. The third-order valence-electron chi connectivity index (χ3n) is 1.23. The molecule has 1 aromatic heterocycles. The lowest BCUT2D eigenvalue weighted by molar-refractivity contribution is 0.891. The summed E-state index contributed by atoms with van der Waals surface area (Å²) in [6.07, 6.45) is 3.25. The lowest BCUT2D eigenvalue weighted by Crippen LogP contribution is -1.97. The van der Waals surface area contributed by atoms with Gasteiger partial charge in [-0.2, -0.15) is 0 Å². The van der Waals surface area contributed by atoms with E-state index in [0.29, 0.717) is 11.5 Å². The van der Waals surface area contributed by atoms with Gasteiger partial charge >= 0.3 is 0 Å². The van der Waals surface area contributed by atoms with Gasteiger partial charge in [0, 0.05) is 0 Å². The first-order valence-corrected chi connectivity index (χ1v) is 4.24. The Morgan fingerprint density at radius 3 is 2.00 bits per heavy atom. The van der Waals surface area contributed by atoms with Crippen molar-refractivity contribution in [2.45, 2.75) is 20.8 Å². The van der Waals surface area contributed by atoms with E-state index in [1.807, 2.05) is 13.8 Å². The molecule has 0 spiro atoms. The van der Waals surface area contributed by atoms with Gasteiger partial charge in [0.2, 0.25) is 0 Å². The quantitative estimate of drug-likeness (QED) is 0.696. The molecule has 0 aliphatic heterocycles. The van der Waals surface area contributed by atoms with Crippen molar-refractivity contribution in [3.8, 4) is 0 Å². The Kier molecular flexibility index (Phi) is 5.35. The van der Waals surface area contributed by atoms with Gasteiger partial charge in [-0.05, 0) is 19.1 Å². The molecule has 0 aliphatic rings. The van der Waals surface area contributed by atoms with Gasteiger partial charge in [-0.1, -0.05) is 27.0 Å². The highest BCUT2D eigenvalue weighted by Gasteiger charge is 1.98. The fourth-order valence-electron chi connectivity index (χ4n) is 0.727. The van der Waals surface area contributed by atoms with Gasteiger partial charge in [-0.25, -0.2) is 4.98 Å². The molecule has 0 amide bonds. The van der Waals surface area contributed by atoms with E-state index in [-0.39, 0.29) is 0 Å². The fraction of sp³-hybridized carbons (Fsp3) is 0.300. The summed E-state index contributed by atoms with van der Waals surface area (Å²) >= 11 is 0. The van der Waals surface area contributed by atoms with Crippen LogP contribution < -0.4 is 0 Å². The largest absolute Gasteiger partial charge is 0.230 e. The SMILES string of the molecule is C=Cc1nnc(C)nc1C=C.CC. The van der Waals surface area contributed by atoms with Gasteiger partial charge in [0.15, 0.2) is 0 Å². The summed E-state index contributed by atoms with van der Waals surface area (Å²) in [4.78, 5) is 4.10. The second-order valence-corrected chi connectivity index (χ2v) is 2.04. The average Bonchev–Trinajstić information content (AvgIpc) is 2.20. The Morgan fingerprint density at radius 1 is 1.00 bits per heavy atom. The van der Waals surface area contributed by atoms with Crippen LogP contribution in [0.4, 0.5) is 0 Å². The van der Waals surface area contributed by atoms with Crippen LogP contribution in [0.5, 0.6) is 0 Å². The maximum Gasteiger partial charge on any atom is 0.148 e. The standard InChI is InChI=1S/C8H9N3.C2H6/c1-4-7-8(5-2)11-10-6(3)9-7;1-2/h4-5H,1-2H2,3H3;1-2H3. The average molecular weight is 177 g/mol. The van der Waals surface area contributed by atoms with Crippen molar-refractivity contribution >= 4 is 12.2 Å². The molecule has 1 heterocycles. The summed E-state index contributed by atoms with van der Waals surface area (Å²) in [5.41, 5.74) is 1.40. The van der Waals surface area contributed by atoms with Gasteiger partial charge in [0.05, 0.1) is 5.69 Å². The number of aryl methyl sites for hydroxylation is 1. The number of aromatic nitrogens is 3. The molecule has 0 fully saturated rings. The van der Waals surface area contributed by atoms with Gasteiger partial charge in [0.1, 0.15) is 11.5 Å². The van der Waals surface area contributed by atoms with E-state index >= 15 is 0 Å². The molecule has 1 rings (SSSR count). The molecule has 0 aliphatic carbocycles. The Labute approximate surface area is 79.2 Å². The number of hydrogen-bond donors (Lipinski definition) is 0. The maximum absolute atomic E-state index is 4.10. The van der Waals surface area contributed by atoms with E-state index in [9.17, 15) is 0 Å². The Bertz CT molecular complexity index is 292. The van der Waals surface area contributed by atoms with Crippen molar-refractivity contribution in [1.29, 1.82) is 0 Å². The lowest BCUT2D eigenvalue weighted by atomic mass is 10.3. The van der Waals surface area contributed by atoms with E-state index in [1.165, 1.54) is 0 Å². The molecular weight excluding hydrogens is 162 g/mol. The van der Waals surface area contributed by atoms with Crippen molar-refractivity contribution in [1.82, 2.24) is 15.2 Å². The molecule has 3 nitrogen and oxygen atoms in total. The molecule has 1 aromatic rings. The first-order valence-electron chi connectivity index (χ1n) is 4.24. The fourth-order valence-corrected chi connectivity index (χ4v) is 0.727. The van der Waals surface area contributed by atoms with Crippen LogP contribution in [-0.2, 0) is 0 Å². The normalized spacial score (nSPS) is 8.23. The van der Waals surface area contributed by atoms with Gasteiger partial charge in [0.25, 0.3) is 0 Å². The summed E-state index contributed by atoms with van der Waals surface area (Å²) < 4.78 is 0. The predicted octanol–water partition coefficient (Wildman–Crippen LogP) is 2.49. The summed E-state index contributed by atoms with van der Waals surface area (Å²) in [6.45, 7) is 13.0. The number of nitrogens with zero attached hydrogens (tertiary/aromatic N) is 3. The van der Waals surface area contributed by atoms with E-state index in [4.69, 9.17) is 0 Å². The van der Waals surface area contributed by atoms with E-state index in [1.54, 1.807) is 19.1 Å². The summed E-state index contributed by atoms with van der Waals surface area (Å²) in [5, 5.41) is 7.64.